The highest BCUT2D eigenvalue weighted by Crippen LogP contribution is 2.30. The van der Waals surface area contributed by atoms with Crippen LogP contribution in [0.3, 0.4) is 0 Å². The van der Waals surface area contributed by atoms with Gasteiger partial charge in [-0.3, -0.25) is 4.79 Å². The van der Waals surface area contributed by atoms with E-state index in [1.807, 2.05) is 6.92 Å². The predicted octanol–water partition coefficient (Wildman–Crippen LogP) is 4.39. The fourth-order valence-corrected chi connectivity index (χ4v) is 2.38. The molecule has 0 aliphatic carbocycles. The van der Waals surface area contributed by atoms with Crippen LogP contribution in [0.15, 0.2) is 36.4 Å². The number of methoxy groups -OCH3 is 2. The van der Waals surface area contributed by atoms with Crippen molar-refractivity contribution in [3.05, 3.63) is 42.0 Å². The molecule has 6 heteroatoms. The second-order valence-electron chi connectivity index (χ2n) is 6.35. The summed E-state index contributed by atoms with van der Waals surface area (Å²) < 4.78 is 21.9. The van der Waals surface area contributed by atoms with Crippen molar-refractivity contribution in [1.82, 2.24) is 0 Å². The summed E-state index contributed by atoms with van der Waals surface area (Å²) in [7, 11) is 3.12. The van der Waals surface area contributed by atoms with Crippen molar-refractivity contribution in [2.75, 3.05) is 32.8 Å². The molecule has 0 heterocycles. The van der Waals surface area contributed by atoms with Crippen LogP contribution in [0.1, 0.15) is 31.1 Å². The first-order valence-corrected chi connectivity index (χ1v) is 8.90. The fourth-order valence-electron chi connectivity index (χ4n) is 2.38. The van der Waals surface area contributed by atoms with E-state index in [2.05, 4.69) is 19.2 Å². The molecule has 2 aromatic rings. The molecule has 0 aliphatic heterocycles. The minimum absolute atomic E-state index is 0.262. The van der Waals surface area contributed by atoms with Crippen LogP contribution in [0.4, 0.5) is 5.69 Å². The number of carbonyl (C=O) groups excluding carboxylic acids is 1. The molecule has 6 nitrogen and oxygen atoms in total. The van der Waals surface area contributed by atoms with E-state index in [1.54, 1.807) is 50.6 Å². The molecule has 0 fully saturated rings. The van der Waals surface area contributed by atoms with E-state index in [0.29, 0.717) is 53.4 Å². The van der Waals surface area contributed by atoms with Gasteiger partial charge >= 0.3 is 0 Å². The number of benzene rings is 2. The van der Waals surface area contributed by atoms with Crippen molar-refractivity contribution in [1.29, 1.82) is 0 Å². The molecule has 0 atom stereocenters. The number of ether oxygens (including phenoxy) is 4. The maximum atomic E-state index is 12.7. The molecular weight excluding hydrogens is 346 g/mol. The maximum Gasteiger partial charge on any atom is 0.255 e. The van der Waals surface area contributed by atoms with Gasteiger partial charge in [-0.2, -0.15) is 0 Å². The quantitative estimate of drug-likeness (QED) is 0.706. The summed E-state index contributed by atoms with van der Waals surface area (Å²) in [6.07, 6.45) is 0. The molecule has 0 radical (unpaired) electrons. The van der Waals surface area contributed by atoms with Gasteiger partial charge in [0, 0.05) is 29.4 Å². The van der Waals surface area contributed by atoms with Gasteiger partial charge in [0.05, 0.1) is 27.4 Å². The first kappa shape index (κ1) is 20.4. The van der Waals surface area contributed by atoms with Gasteiger partial charge < -0.3 is 24.3 Å². The molecule has 2 rings (SSSR count). The van der Waals surface area contributed by atoms with Crippen molar-refractivity contribution >= 4 is 11.6 Å². The molecule has 0 saturated carbocycles. The highest BCUT2D eigenvalue weighted by atomic mass is 16.5. The summed E-state index contributed by atoms with van der Waals surface area (Å²) in [6.45, 7) is 7.10. The van der Waals surface area contributed by atoms with Gasteiger partial charge in [-0.25, -0.2) is 0 Å². The summed E-state index contributed by atoms with van der Waals surface area (Å²) in [5.41, 5.74) is 1.05. The van der Waals surface area contributed by atoms with E-state index < -0.39 is 0 Å². The Balaban J connectivity index is 2.21. The van der Waals surface area contributed by atoms with Gasteiger partial charge in [0.25, 0.3) is 5.91 Å². The van der Waals surface area contributed by atoms with Crippen molar-refractivity contribution < 1.29 is 23.7 Å². The van der Waals surface area contributed by atoms with Crippen LogP contribution in [0, 0.1) is 5.92 Å². The second-order valence-corrected chi connectivity index (χ2v) is 6.35. The molecule has 27 heavy (non-hydrogen) atoms. The van der Waals surface area contributed by atoms with E-state index in [1.165, 1.54) is 0 Å². The fraction of sp³-hybridized carbons (Fsp3) is 0.381. The molecule has 0 unspecified atom stereocenters. The Kier molecular flexibility index (Phi) is 7.34. The van der Waals surface area contributed by atoms with Crippen LogP contribution in [0.25, 0.3) is 0 Å². The van der Waals surface area contributed by atoms with Crippen molar-refractivity contribution in [2.24, 2.45) is 5.92 Å². The highest BCUT2D eigenvalue weighted by Gasteiger charge is 2.13. The van der Waals surface area contributed by atoms with Gasteiger partial charge in [-0.1, -0.05) is 13.8 Å². The minimum Gasteiger partial charge on any atom is -0.497 e. The van der Waals surface area contributed by atoms with E-state index >= 15 is 0 Å². The van der Waals surface area contributed by atoms with E-state index in [-0.39, 0.29) is 5.91 Å². The molecule has 0 spiro atoms. The number of anilines is 1. The zero-order chi connectivity index (χ0) is 19.8. The Morgan fingerprint density at radius 2 is 1.63 bits per heavy atom. The van der Waals surface area contributed by atoms with Crippen LogP contribution in [-0.4, -0.2) is 33.3 Å². The summed E-state index contributed by atoms with van der Waals surface area (Å²) in [6, 6.07) is 10.4. The monoisotopic (exact) mass is 373 g/mol. The molecule has 0 aromatic heterocycles. The SMILES string of the molecule is CCOc1cc(C(=O)Nc2cc(OC)cc(OC)c2)ccc1OCC(C)C. The number of hydrogen-bond acceptors (Lipinski definition) is 5. The topological polar surface area (TPSA) is 66.0 Å². The van der Waals surface area contributed by atoms with Crippen LogP contribution in [-0.2, 0) is 0 Å². The highest BCUT2D eigenvalue weighted by molar-refractivity contribution is 6.04. The Labute approximate surface area is 160 Å². The lowest BCUT2D eigenvalue weighted by atomic mass is 10.1. The Morgan fingerprint density at radius 1 is 0.963 bits per heavy atom. The molecular formula is C21H27NO5. The molecule has 1 N–H and O–H groups in total. The van der Waals surface area contributed by atoms with Crippen molar-refractivity contribution in [3.8, 4) is 23.0 Å². The van der Waals surface area contributed by atoms with Gasteiger partial charge in [-0.05, 0) is 31.0 Å². The van der Waals surface area contributed by atoms with Crippen LogP contribution in [0.5, 0.6) is 23.0 Å². The third-order valence-electron chi connectivity index (χ3n) is 3.69. The second kappa shape index (κ2) is 9.71. The van der Waals surface area contributed by atoms with E-state index in [0.717, 1.165) is 0 Å². The standard InChI is InChI=1S/C21H27NO5/c1-6-26-20-9-15(7-8-19(20)27-13-14(2)3)21(23)22-16-10-17(24-4)12-18(11-16)25-5/h7-12,14H,6,13H2,1-5H3,(H,22,23). The van der Waals surface area contributed by atoms with Crippen molar-refractivity contribution in [3.63, 3.8) is 0 Å². The van der Waals surface area contributed by atoms with Crippen LogP contribution < -0.4 is 24.3 Å². The van der Waals surface area contributed by atoms with E-state index in [9.17, 15) is 4.79 Å². The summed E-state index contributed by atoms with van der Waals surface area (Å²) >= 11 is 0. The smallest absolute Gasteiger partial charge is 0.255 e. The molecule has 1 amide bonds. The average molecular weight is 373 g/mol. The molecule has 0 saturated heterocycles. The zero-order valence-corrected chi connectivity index (χ0v) is 16.5. The first-order chi connectivity index (χ1) is 13.0. The number of rotatable bonds is 9. The van der Waals surface area contributed by atoms with Gasteiger partial charge in [0.1, 0.15) is 11.5 Å². The minimum atomic E-state index is -0.262. The van der Waals surface area contributed by atoms with Gasteiger partial charge in [0.2, 0.25) is 0 Å². The Hall–Kier alpha value is -2.89. The molecule has 2 aromatic carbocycles. The maximum absolute atomic E-state index is 12.7. The molecule has 146 valence electrons. The lowest BCUT2D eigenvalue weighted by molar-refractivity contribution is 0.102. The summed E-state index contributed by atoms with van der Waals surface area (Å²) in [5.74, 6) is 2.50. The largest absolute Gasteiger partial charge is 0.497 e. The number of amides is 1. The number of hydrogen-bond donors (Lipinski definition) is 1. The predicted molar refractivity (Wildman–Crippen MR) is 105 cm³/mol. The normalized spacial score (nSPS) is 10.4. The zero-order valence-electron chi connectivity index (χ0n) is 16.5. The van der Waals surface area contributed by atoms with Crippen molar-refractivity contribution in [2.45, 2.75) is 20.8 Å². The Bertz CT molecular complexity index is 751. The molecule has 0 bridgehead atoms. The lowest BCUT2D eigenvalue weighted by Crippen LogP contribution is -2.13. The van der Waals surface area contributed by atoms with E-state index in [4.69, 9.17) is 18.9 Å². The molecule has 0 aliphatic rings. The van der Waals surface area contributed by atoms with Gasteiger partial charge in [0.15, 0.2) is 11.5 Å². The third kappa shape index (κ3) is 5.81. The average Bonchev–Trinajstić information content (AvgIpc) is 2.66. The summed E-state index contributed by atoms with van der Waals surface area (Å²) in [4.78, 5) is 12.7. The lowest BCUT2D eigenvalue weighted by Gasteiger charge is -2.15. The number of carbonyl (C=O) groups is 1. The van der Waals surface area contributed by atoms with Crippen LogP contribution >= 0.6 is 0 Å². The summed E-state index contributed by atoms with van der Waals surface area (Å²) in [5, 5.41) is 2.85. The van der Waals surface area contributed by atoms with Gasteiger partial charge in [-0.15, -0.1) is 0 Å². The Morgan fingerprint density at radius 3 is 2.19 bits per heavy atom. The van der Waals surface area contributed by atoms with Crippen LogP contribution in [0.2, 0.25) is 0 Å². The first-order valence-electron chi connectivity index (χ1n) is 8.90. The third-order valence-corrected chi connectivity index (χ3v) is 3.69. The number of nitrogens with one attached hydrogen (secondary N) is 1.